The van der Waals surface area contributed by atoms with Gasteiger partial charge < -0.3 is 9.26 Å². The van der Waals surface area contributed by atoms with Crippen LogP contribution in [0.5, 0.6) is 0 Å². The van der Waals surface area contributed by atoms with Gasteiger partial charge in [-0.05, 0) is 30.7 Å². The van der Waals surface area contributed by atoms with Crippen molar-refractivity contribution >= 4 is 5.97 Å². The minimum Gasteiger partial charge on any atom is -0.452 e. The summed E-state index contributed by atoms with van der Waals surface area (Å²) in [5, 5.41) is 3.63. The summed E-state index contributed by atoms with van der Waals surface area (Å²) in [6, 6.07) is 10.2. The lowest BCUT2D eigenvalue weighted by Gasteiger charge is -2.09. The molecular weight excluding hydrogens is 380 g/mol. The minimum absolute atomic E-state index is 0.0712. The molecule has 1 aromatic heterocycles. The van der Waals surface area contributed by atoms with E-state index in [1.165, 1.54) is 37.3 Å². The lowest BCUT2D eigenvalue weighted by molar-refractivity contribution is -0.149. The van der Waals surface area contributed by atoms with Gasteiger partial charge in [-0.1, -0.05) is 35.5 Å². The molecule has 0 aliphatic heterocycles. The molecule has 0 N–H and O–H groups in total. The maximum Gasteiger partial charge on any atom is 0.416 e. The molecule has 0 saturated carbocycles. The molecule has 1 heterocycles. The summed E-state index contributed by atoms with van der Waals surface area (Å²) in [6.07, 6.45) is -5.74. The Balaban J connectivity index is 1.70. The quantitative estimate of drug-likeness (QED) is 0.462. The second kappa shape index (κ2) is 7.79. The van der Waals surface area contributed by atoms with Crippen LogP contribution in [-0.4, -0.2) is 16.1 Å². The van der Waals surface area contributed by atoms with Crippen molar-refractivity contribution < 1.29 is 31.6 Å². The molecule has 0 aliphatic carbocycles. The third-order valence-corrected chi connectivity index (χ3v) is 3.84. The van der Waals surface area contributed by atoms with Crippen LogP contribution in [0.3, 0.4) is 0 Å². The molecule has 0 saturated heterocycles. The zero-order valence-corrected chi connectivity index (χ0v) is 14.5. The number of esters is 1. The highest BCUT2D eigenvalue weighted by atomic mass is 19.4. The first-order valence-electron chi connectivity index (χ1n) is 8.18. The highest BCUT2D eigenvalue weighted by Gasteiger charge is 2.31. The highest BCUT2D eigenvalue weighted by Crippen LogP contribution is 2.31. The molecule has 3 aromatic rings. The van der Waals surface area contributed by atoms with Gasteiger partial charge in [-0.15, -0.1) is 0 Å². The molecule has 3 rings (SSSR count). The van der Waals surface area contributed by atoms with E-state index in [1.54, 1.807) is 6.07 Å². The largest absolute Gasteiger partial charge is 0.452 e. The molecular formula is C19H14F4N2O3. The molecule has 1 atom stereocenters. The van der Waals surface area contributed by atoms with Crippen LogP contribution < -0.4 is 0 Å². The first-order valence-corrected chi connectivity index (χ1v) is 8.18. The van der Waals surface area contributed by atoms with Crippen LogP contribution in [0.1, 0.15) is 30.0 Å². The summed E-state index contributed by atoms with van der Waals surface area (Å²) in [6.45, 7) is 1.46. The van der Waals surface area contributed by atoms with Crippen molar-refractivity contribution in [2.45, 2.75) is 25.6 Å². The predicted octanol–water partition coefficient (Wildman–Crippen LogP) is 4.74. The van der Waals surface area contributed by atoms with Crippen LogP contribution in [0, 0.1) is 5.82 Å². The SMILES string of the molecule is CC(OC(=O)Cc1ccccc1F)c1nc(-c2cccc(C(F)(F)F)c2)no1. The van der Waals surface area contributed by atoms with Crippen LogP contribution in [0.25, 0.3) is 11.4 Å². The van der Waals surface area contributed by atoms with Gasteiger partial charge in [0.15, 0.2) is 6.10 Å². The minimum atomic E-state index is -4.50. The van der Waals surface area contributed by atoms with Gasteiger partial charge in [0.2, 0.25) is 5.82 Å². The molecule has 0 aliphatic rings. The summed E-state index contributed by atoms with van der Waals surface area (Å²) in [4.78, 5) is 16.0. The molecule has 146 valence electrons. The van der Waals surface area contributed by atoms with Gasteiger partial charge in [-0.2, -0.15) is 18.2 Å². The first-order chi connectivity index (χ1) is 13.2. The van der Waals surface area contributed by atoms with Crippen molar-refractivity contribution in [2.24, 2.45) is 0 Å². The van der Waals surface area contributed by atoms with Crippen molar-refractivity contribution in [3.05, 3.63) is 71.4 Å². The first kappa shape index (κ1) is 19.5. The number of alkyl halides is 3. The average molecular weight is 394 g/mol. The number of ether oxygens (including phenoxy) is 1. The third kappa shape index (κ3) is 4.54. The fourth-order valence-corrected chi connectivity index (χ4v) is 2.44. The Hall–Kier alpha value is -3.23. The molecule has 0 radical (unpaired) electrons. The van der Waals surface area contributed by atoms with Gasteiger partial charge in [0, 0.05) is 5.56 Å². The smallest absolute Gasteiger partial charge is 0.416 e. The van der Waals surface area contributed by atoms with Crippen LogP contribution in [-0.2, 0) is 22.1 Å². The monoisotopic (exact) mass is 394 g/mol. The van der Waals surface area contributed by atoms with Crippen LogP contribution in [0.4, 0.5) is 17.6 Å². The van der Waals surface area contributed by atoms with E-state index in [2.05, 4.69) is 10.1 Å². The van der Waals surface area contributed by atoms with E-state index in [4.69, 9.17) is 9.26 Å². The van der Waals surface area contributed by atoms with Crippen molar-refractivity contribution in [1.82, 2.24) is 10.1 Å². The van der Waals surface area contributed by atoms with Gasteiger partial charge in [-0.3, -0.25) is 4.79 Å². The van der Waals surface area contributed by atoms with Crippen molar-refractivity contribution in [3.63, 3.8) is 0 Å². The van der Waals surface area contributed by atoms with E-state index in [9.17, 15) is 22.4 Å². The summed E-state index contributed by atoms with van der Waals surface area (Å²) >= 11 is 0. The Kier molecular flexibility index (Phi) is 5.43. The number of nitrogens with zero attached hydrogens (tertiary/aromatic N) is 2. The van der Waals surface area contributed by atoms with E-state index in [1.807, 2.05) is 0 Å². The average Bonchev–Trinajstić information content (AvgIpc) is 3.13. The van der Waals surface area contributed by atoms with Gasteiger partial charge in [0.05, 0.1) is 12.0 Å². The predicted molar refractivity (Wildman–Crippen MR) is 89.3 cm³/mol. The standard InChI is InChI=1S/C19H14F4N2O3/c1-11(27-16(26)10-12-5-2-3-8-15(12)20)18-24-17(25-28-18)13-6-4-7-14(9-13)19(21,22)23/h2-9,11H,10H2,1H3. The van der Waals surface area contributed by atoms with Gasteiger partial charge >= 0.3 is 12.1 Å². The second-order valence-electron chi connectivity index (χ2n) is 5.94. The molecule has 5 nitrogen and oxygen atoms in total. The second-order valence-corrected chi connectivity index (χ2v) is 5.94. The molecule has 0 bridgehead atoms. The fourth-order valence-electron chi connectivity index (χ4n) is 2.44. The highest BCUT2D eigenvalue weighted by molar-refractivity contribution is 5.72. The summed E-state index contributed by atoms with van der Waals surface area (Å²) in [5.41, 5.74) is -0.565. The van der Waals surface area contributed by atoms with Crippen molar-refractivity contribution in [1.29, 1.82) is 0 Å². The van der Waals surface area contributed by atoms with Gasteiger partial charge in [-0.25, -0.2) is 4.39 Å². The molecule has 2 aromatic carbocycles. The Morgan fingerprint density at radius 1 is 1.18 bits per heavy atom. The Labute approximate surface area is 156 Å². The molecule has 0 amide bonds. The number of halogens is 4. The van der Waals surface area contributed by atoms with Crippen LogP contribution in [0.2, 0.25) is 0 Å². The number of carbonyl (C=O) groups is 1. The van der Waals surface area contributed by atoms with E-state index < -0.39 is 29.6 Å². The zero-order chi connectivity index (χ0) is 20.3. The molecule has 0 spiro atoms. The number of carbonyl (C=O) groups excluding carboxylic acids is 1. The fraction of sp³-hybridized carbons (Fsp3) is 0.211. The maximum absolute atomic E-state index is 13.6. The van der Waals surface area contributed by atoms with Crippen LogP contribution >= 0.6 is 0 Å². The van der Waals surface area contributed by atoms with Crippen molar-refractivity contribution in [3.8, 4) is 11.4 Å². The molecule has 0 fully saturated rings. The summed E-state index contributed by atoms with van der Waals surface area (Å²) < 4.78 is 62.2. The number of rotatable bonds is 5. The zero-order valence-electron chi connectivity index (χ0n) is 14.5. The topological polar surface area (TPSA) is 65.2 Å². The van der Waals surface area contributed by atoms with E-state index in [-0.39, 0.29) is 29.3 Å². The molecule has 28 heavy (non-hydrogen) atoms. The lowest BCUT2D eigenvalue weighted by atomic mass is 10.1. The lowest BCUT2D eigenvalue weighted by Crippen LogP contribution is -2.12. The number of hydrogen-bond donors (Lipinski definition) is 0. The Morgan fingerprint density at radius 3 is 2.64 bits per heavy atom. The van der Waals surface area contributed by atoms with Crippen LogP contribution in [0.15, 0.2) is 53.1 Å². The molecule has 9 heteroatoms. The van der Waals surface area contributed by atoms with Gasteiger partial charge in [0.25, 0.3) is 5.89 Å². The van der Waals surface area contributed by atoms with Crippen molar-refractivity contribution in [2.75, 3.05) is 0 Å². The number of aromatic nitrogens is 2. The van der Waals surface area contributed by atoms with E-state index >= 15 is 0 Å². The summed E-state index contributed by atoms with van der Waals surface area (Å²) in [7, 11) is 0. The third-order valence-electron chi connectivity index (χ3n) is 3.84. The Bertz CT molecular complexity index is 985. The summed E-state index contributed by atoms with van der Waals surface area (Å²) in [5.74, 6) is -1.40. The van der Waals surface area contributed by atoms with E-state index in [0.717, 1.165) is 12.1 Å². The maximum atomic E-state index is 13.6. The van der Waals surface area contributed by atoms with Gasteiger partial charge in [0.1, 0.15) is 5.82 Å². The molecule has 1 unspecified atom stereocenters. The number of hydrogen-bond acceptors (Lipinski definition) is 5. The number of benzene rings is 2. The Morgan fingerprint density at radius 2 is 1.93 bits per heavy atom. The normalized spacial score (nSPS) is 12.6. The van der Waals surface area contributed by atoms with E-state index in [0.29, 0.717) is 0 Å².